The van der Waals surface area contributed by atoms with Gasteiger partial charge in [0.2, 0.25) is 0 Å². The van der Waals surface area contributed by atoms with Crippen LogP contribution in [0.3, 0.4) is 0 Å². The number of nitrogen functional groups attached to an aromatic ring is 1. The number of thioether (sulfide) groups is 1. The zero-order valence-corrected chi connectivity index (χ0v) is 13.5. The van der Waals surface area contributed by atoms with E-state index >= 15 is 0 Å². The highest BCUT2D eigenvalue weighted by atomic mass is 32.2. The largest absolute Gasteiger partial charge is 0.383 e. The van der Waals surface area contributed by atoms with Crippen LogP contribution in [0.4, 0.5) is 5.82 Å². The molecule has 0 spiro atoms. The Morgan fingerprint density at radius 3 is 2.86 bits per heavy atom. The van der Waals surface area contributed by atoms with E-state index in [0.29, 0.717) is 11.9 Å². The van der Waals surface area contributed by atoms with E-state index in [0.717, 1.165) is 24.3 Å². The lowest BCUT2D eigenvalue weighted by Gasteiger charge is -2.18. The minimum absolute atomic E-state index is 0.395. The second-order valence-corrected chi connectivity index (χ2v) is 6.23. The Morgan fingerprint density at radius 1 is 1.29 bits per heavy atom. The van der Waals surface area contributed by atoms with Gasteiger partial charge >= 0.3 is 0 Å². The highest BCUT2D eigenvalue weighted by molar-refractivity contribution is 7.99. The van der Waals surface area contributed by atoms with E-state index in [-0.39, 0.29) is 0 Å². The number of anilines is 1. The van der Waals surface area contributed by atoms with E-state index < -0.39 is 0 Å². The lowest BCUT2D eigenvalue weighted by Crippen LogP contribution is -2.33. The smallest absolute Gasteiger partial charge is 0.126 e. The molecule has 0 saturated heterocycles. The van der Waals surface area contributed by atoms with Gasteiger partial charge in [-0.1, -0.05) is 30.7 Å². The average Bonchev–Trinajstić information content (AvgIpc) is 2.47. The summed E-state index contributed by atoms with van der Waals surface area (Å²) in [6.45, 7) is 5.22. The van der Waals surface area contributed by atoms with Gasteiger partial charge in [-0.05, 0) is 43.7 Å². The Morgan fingerprint density at radius 2 is 2.14 bits per heavy atom. The molecule has 1 aromatic heterocycles. The first-order chi connectivity index (χ1) is 10.2. The highest BCUT2D eigenvalue weighted by Gasteiger charge is 2.11. The standard InChI is InChI=1S/C17H23N3S/c1-3-19-15(11-14-7-5-9-20-17(14)18)12-21-16-8-4-6-13(2)10-16/h4-10,15,19H,3,11-12H2,1-2H3,(H2,18,20). The monoisotopic (exact) mass is 301 g/mol. The number of aryl methyl sites for hydroxylation is 1. The molecular formula is C17H23N3S. The van der Waals surface area contributed by atoms with E-state index in [1.165, 1.54) is 10.5 Å². The lowest BCUT2D eigenvalue weighted by atomic mass is 10.1. The molecule has 3 nitrogen and oxygen atoms in total. The Balaban J connectivity index is 1.97. The number of hydrogen-bond acceptors (Lipinski definition) is 4. The molecule has 4 heteroatoms. The highest BCUT2D eigenvalue weighted by Crippen LogP contribution is 2.21. The van der Waals surface area contributed by atoms with Crippen LogP contribution < -0.4 is 11.1 Å². The summed E-state index contributed by atoms with van der Waals surface area (Å²) >= 11 is 1.88. The summed E-state index contributed by atoms with van der Waals surface area (Å²) in [5, 5.41) is 3.54. The molecular weight excluding hydrogens is 278 g/mol. The van der Waals surface area contributed by atoms with Gasteiger partial charge in [0.05, 0.1) is 0 Å². The van der Waals surface area contributed by atoms with Crippen molar-refractivity contribution in [1.82, 2.24) is 10.3 Å². The summed E-state index contributed by atoms with van der Waals surface area (Å²) < 4.78 is 0. The van der Waals surface area contributed by atoms with Crippen LogP contribution in [0.25, 0.3) is 0 Å². The van der Waals surface area contributed by atoms with Gasteiger partial charge in [-0.2, -0.15) is 0 Å². The molecule has 0 aliphatic rings. The maximum atomic E-state index is 5.95. The normalized spacial score (nSPS) is 12.3. The van der Waals surface area contributed by atoms with E-state index in [4.69, 9.17) is 5.73 Å². The lowest BCUT2D eigenvalue weighted by molar-refractivity contribution is 0.572. The van der Waals surface area contributed by atoms with Crippen molar-refractivity contribution >= 4 is 17.6 Å². The Kier molecular flexibility index (Phi) is 6.08. The first kappa shape index (κ1) is 15.9. The molecule has 3 N–H and O–H groups in total. The van der Waals surface area contributed by atoms with Gasteiger partial charge in [0.1, 0.15) is 5.82 Å². The fourth-order valence-electron chi connectivity index (χ4n) is 2.27. The number of rotatable bonds is 7. The third-order valence-electron chi connectivity index (χ3n) is 3.33. The topological polar surface area (TPSA) is 50.9 Å². The van der Waals surface area contributed by atoms with Gasteiger partial charge in [-0.15, -0.1) is 11.8 Å². The second kappa shape index (κ2) is 8.05. The van der Waals surface area contributed by atoms with Crippen molar-refractivity contribution in [3.05, 3.63) is 53.7 Å². The number of nitrogens with zero attached hydrogens (tertiary/aromatic N) is 1. The predicted octanol–water partition coefficient (Wildman–Crippen LogP) is 3.29. The molecule has 1 atom stereocenters. The fourth-order valence-corrected chi connectivity index (χ4v) is 3.34. The minimum Gasteiger partial charge on any atom is -0.383 e. The van der Waals surface area contributed by atoms with Crippen LogP contribution in [-0.2, 0) is 6.42 Å². The van der Waals surface area contributed by atoms with Crippen LogP contribution in [0.15, 0.2) is 47.5 Å². The van der Waals surface area contributed by atoms with Crippen molar-refractivity contribution in [3.8, 4) is 0 Å². The van der Waals surface area contributed by atoms with E-state index in [1.807, 2.05) is 17.8 Å². The minimum atomic E-state index is 0.395. The van der Waals surface area contributed by atoms with Crippen molar-refractivity contribution in [2.45, 2.75) is 31.2 Å². The average molecular weight is 301 g/mol. The number of nitrogens with two attached hydrogens (primary N) is 1. The van der Waals surface area contributed by atoms with Gasteiger partial charge in [0.25, 0.3) is 0 Å². The van der Waals surface area contributed by atoms with Gasteiger partial charge in [-0.25, -0.2) is 4.98 Å². The third kappa shape index (κ3) is 5.06. The molecule has 0 fully saturated rings. The molecule has 0 amide bonds. The second-order valence-electron chi connectivity index (χ2n) is 5.13. The Labute approximate surface area is 131 Å². The summed E-state index contributed by atoms with van der Waals surface area (Å²) in [6.07, 6.45) is 2.65. The van der Waals surface area contributed by atoms with Crippen molar-refractivity contribution in [3.63, 3.8) is 0 Å². The summed E-state index contributed by atoms with van der Waals surface area (Å²) in [6, 6.07) is 13.0. The van der Waals surface area contributed by atoms with Crippen LogP contribution in [0, 0.1) is 6.92 Å². The van der Waals surface area contributed by atoms with Crippen LogP contribution in [0.1, 0.15) is 18.1 Å². The summed E-state index contributed by atoms with van der Waals surface area (Å²) in [4.78, 5) is 5.48. The zero-order chi connectivity index (χ0) is 15.1. The fraction of sp³-hybridized carbons (Fsp3) is 0.353. The number of likely N-dealkylation sites (N-methyl/N-ethyl adjacent to an activating group) is 1. The molecule has 1 unspecified atom stereocenters. The Hall–Kier alpha value is -1.52. The van der Waals surface area contributed by atoms with Crippen molar-refractivity contribution in [2.75, 3.05) is 18.0 Å². The number of pyridine rings is 1. The number of benzene rings is 1. The van der Waals surface area contributed by atoms with E-state index in [2.05, 4.69) is 54.5 Å². The summed E-state index contributed by atoms with van der Waals surface area (Å²) in [7, 11) is 0. The van der Waals surface area contributed by atoms with E-state index in [1.54, 1.807) is 6.20 Å². The molecule has 0 radical (unpaired) electrons. The molecule has 1 heterocycles. The third-order valence-corrected chi connectivity index (χ3v) is 4.48. The molecule has 0 aliphatic carbocycles. The molecule has 2 aromatic rings. The van der Waals surface area contributed by atoms with Crippen LogP contribution in [-0.4, -0.2) is 23.3 Å². The van der Waals surface area contributed by atoms with Gasteiger partial charge < -0.3 is 11.1 Å². The maximum Gasteiger partial charge on any atom is 0.126 e. The van der Waals surface area contributed by atoms with E-state index in [9.17, 15) is 0 Å². The van der Waals surface area contributed by atoms with Crippen LogP contribution in [0.2, 0.25) is 0 Å². The van der Waals surface area contributed by atoms with Gasteiger partial charge in [0.15, 0.2) is 0 Å². The van der Waals surface area contributed by atoms with Crippen molar-refractivity contribution in [2.24, 2.45) is 0 Å². The molecule has 0 saturated carbocycles. The molecule has 2 rings (SSSR count). The van der Waals surface area contributed by atoms with Crippen molar-refractivity contribution in [1.29, 1.82) is 0 Å². The predicted molar refractivity (Wildman–Crippen MR) is 91.7 cm³/mol. The Bertz CT molecular complexity index is 571. The molecule has 112 valence electrons. The quantitative estimate of drug-likeness (QED) is 0.771. The molecule has 1 aromatic carbocycles. The zero-order valence-electron chi connectivity index (χ0n) is 12.7. The number of aromatic nitrogens is 1. The molecule has 0 bridgehead atoms. The van der Waals surface area contributed by atoms with Crippen molar-refractivity contribution < 1.29 is 0 Å². The first-order valence-corrected chi connectivity index (χ1v) is 8.29. The molecule has 0 aliphatic heterocycles. The van der Waals surface area contributed by atoms with Crippen LogP contribution >= 0.6 is 11.8 Å². The molecule has 21 heavy (non-hydrogen) atoms. The van der Waals surface area contributed by atoms with Gasteiger partial charge in [-0.3, -0.25) is 0 Å². The number of hydrogen-bond donors (Lipinski definition) is 2. The first-order valence-electron chi connectivity index (χ1n) is 7.31. The van der Waals surface area contributed by atoms with Gasteiger partial charge in [0, 0.05) is 22.9 Å². The summed E-state index contributed by atoms with van der Waals surface area (Å²) in [5.74, 6) is 1.66. The summed E-state index contributed by atoms with van der Waals surface area (Å²) in [5.41, 5.74) is 8.37. The number of nitrogens with one attached hydrogen (secondary N) is 1. The maximum absolute atomic E-state index is 5.95. The van der Waals surface area contributed by atoms with Crippen LogP contribution in [0.5, 0.6) is 0 Å². The SMILES string of the molecule is CCNC(CSc1cccc(C)c1)Cc1cccnc1N.